The van der Waals surface area contributed by atoms with Crippen LogP contribution in [0.4, 0.5) is 5.82 Å². The summed E-state index contributed by atoms with van der Waals surface area (Å²) in [6.07, 6.45) is 3.86. The lowest BCUT2D eigenvalue weighted by atomic mass is 10.1. The SMILES string of the molecule is COc1cc2cnnc(N3CCC(Oc4ccccc4C)CC3)c2cc1OC. The molecule has 2 aromatic carbocycles. The number of aryl methyl sites for hydroxylation is 1. The van der Waals surface area contributed by atoms with Crippen LogP contribution in [0.1, 0.15) is 18.4 Å². The lowest BCUT2D eigenvalue weighted by Crippen LogP contribution is -2.39. The van der Waals surface area contributed by atoms with Crippen molar-refractivity contribution < 1.29 is 14.2 Å². The molecule has 0 spiro atoms. The van der Waals surface area contributed by atoms with E-state index in [1.807, 2.05) is 30.3 Å². The predicted octanol–water partition coefficient (Wildman–Crippen LogP) is 4.00. The summed E-state index contributed by atoms with van der Waals surface area (Å²) < 4.78 is 17.1. The number of benzene rings is 2. The average Bonchev–Trinajstić information content (AvgIpc) is 2.74. The summed E-state index contributed by atoms with van der Waals surface area (Å²) in [5.41, 5.74) is 1.17. The van der Waals surface area contributed by atoms with E-state index in [1.54, 1.807) is 20.4 Å². The van der Waals surface area contributed by atoms with Gasteiger partial charge in [-0.25, -0.2) is 0 Å². The minimum Gasteiger partial charge on any atom is -0.493 e. The largest absolute Gasteiger partial charge is 0.493 e. The van der Waals surface area contributed by atoms with Crippen molar-refractivity contribution in [3.8, 4) is 17.2 Å². The molecule has 2 heterocycles. The number of rotatable bonds is 5. The van der Waals surface area contributed by atoms with E-state index >= 15 is 0 Å². The van der Waals surface area contributed by atoms with Gasteiger partial charge in [0.05, 0.1) is 20.4 Å². The van der Waals surface area contributed by atoms with Crippen LogP contribution in [0.5, 0.6) is 17.2 Å². The van der Waals surface area contributed by atoms with Gasteiger partial charge in [-0.15, -0.1) is 5.10 Å². The Morgan fingerprint density at radius 1 is 0.964 bits per heavy atom. The molecule has 0 saturated carbocycles. The molecule has 6 nitrogen and oxygen atoms in total. The molecule has 146 valence electrons. The molecule has 1 saturated heterocycles. The third kappa shape index (κ3) is 3.54. The highest BCUT2D eigenvalue weighted by atomic mass is 16.5. The zero-order valence-corrected chi connectivity index (χ0v) is 16.5. The maximum atomic E-state index is 6.23. The minimum absolute atomic E-state index is 0.218. The number of para-hydroxylation sites is 1. The van der Waals surface area contributed by atoms with Gasteiger partial charge in [-0.05, 0) is 30.7 Å². The quantitative estimate of drug-likeness (QED) is 0.668. The molecule has 3 aromatic rings. The van der Waals surface area contributed by atoms with Gasteiger partial charge in [0.25, 0.3) is 0 Å². The van der Waals surface area contributed by atoms with Crippen molar-refractivity contribution in [2.24, 2.45) is 0 Å². The summed E-state index contributed by atoms with van der Waals surface area (Å²) in [6, 6.07) is 12.1. The van der Waals surface area contributed by atoms with Crippen molar-refractivity contribution in [3.05, 3.63) is 48.2 Å². The fourth-order valence-corrected chi connectivity index (χ4v) is 3.68. The highest BCUT2D eigenvalue weighted by Gasteiger charge is 2.24. The molecule has 4 rings (SSSR count). The molecule has 0 N–H and O–H groups in total. The van der Waals surface area contributed by atoms with E-state index in [4.69, 9.17) is 14.2 Å². The van der Waals surface area contributed by atoms with E-state index in [2.05, 4.69) is 28.1 Å². The number of fused-ring (bicyclic) bond motifs is 1. The van der Waals surface area contributed by atoms with Crippen LogP contribution in [-0.2, 0) is 0 Å². The van der Waals surface area contributed by atoms with Crippen molar-refractivity contribution in [2.75, 3.05) is 32.2 Å². The number of hydrogen-bond donors (Lipinski definition) is 0. The maximum Gasteiger partial charge on any atom is 0.161 e. The van der Waals surface area contributed by atoms with E-state index in [-0.39, 0.29) is 6.10 Å². The Hall–Kier alpha value is -3.02. The summed E-state index contributed by atoms with van der Waals surface area (Å²) in [5, 5.41) is 10.6. The molecule has 28 heavy (non-hydrogen) atoms. The predicted molar refractivity (Wildman–Crippen MR) is 110 cm³/mol. The van der Waals surface area contributed by atoms with Gasteiger partial charge in [0, 0.05) is 36.7 Å². The standard InChI is InChI=1S/C22H25N3O3/c1-15-6-4-5-7-19(15)28-17-8-10-25(11-9-17)22-18-13-21(27-3)20(26-2)12-16(18)14-23-24-22/h4-7,12-14,17H,8-11H2,1-3H3. The third-order valence-electron chi connectivity index (χ3n) is 5.27. The van der Waals surface area contributed by atoms with Crippen LogP contribution in [0.25, 0.3) is 10.8 Å². The Morgan fingerprint density at radius 3 is 2.39 bits per heavy atom. The van der Waals surface area contributed by atoms with Gasteiger partial charge in [-0.1, -0.05) is 18.2 Å². The molecule has 0 amide bonds. The number of aromatic nitrogens is 2. The van der Waals surface area contributed by atoms with Gasteiger partial charge >= 0.3 is 0 Å². The van der Waals surface area contributed by atoms with Crippen LogP contribution in [0.2, 0.25) is 0 Å². The maximum absolute atomic E-state index is 6.23. The van der Waals surface area contributed by atoms with E-state index in [0.29, 0.717) is 11.5 Å². The zero-order valence-electron chi connectivity index (χ0n) is 16.5. The lowest BCUT2D eigenvalue weighted by molar-refractivity contribution is 0.169. The topological polar surface area (TPSA) is 56.7 Å². The number of nitrogens with zero attached hydrogens (tertiary/aromatic N) is 3. The normalized spacial score (nSPS) is 14.9. The molecule has 1 aromatic heterocycles. The van der Waals surface area contributed by atoms with E-state index < -0.39 is 0 Å². The Labute approximate surface area is 165 Å². The Kier molecular flexibility index (Phi) is 5.19. The second-order valence-electron chi connectivity index (χ2n) is 7.03. The molecular weight excluding hydrogens is 354 g/mol. The molecule has 1 fully saturated rings. The zero-order chi connectivity index (χ0) is 19.5. The van der Waals surface area contributed by atoms with E-state index in [9.17, 15) is 0 Å². The lowest BCUT2D eigenvalue weighted by Gasteiger charge is -2.33. The molecule has 6 heteroatoms. The number of piperidine rings is 1. The van der Waals surface area contributed by atoms with Crippen LogP contribution in [-0.4, -0.2) is 43.6 Å². The van der Waals surface area contributed by atoms with E-state index in [0.717, 1.165) is 48.3 Å². The van der Waals surface area contributed by atoms with E-state index in [1.165, 1.54) is 5.56 Å². The first kappa shape index (κ1) is 18.3. The first-order valence-corrected chi connectivity index (χ1v) is 9.54. The summed E-state index contributed by atoms with van der Waals surface area (Å²) in [6.45, 7) is 3.83. The Morgan fingerprint density at radius 2 is 1.68 bits per heavy atom. The van der Waals surface area contributed by atoms with Crippen LogP contribution < -0.4 is 19.1 Å². The summed E-state index contributed by atoms with van der Waals surface area (Å²) in [5.74, 6) is 3.25. The summed E-state index contributed by atoms with van der Waals surface area (Å²) >= 11 is 0. The molecule has 0 atom stereocenters. The molecule has 0 bridgehead atoms. The fourth-order valence-electron chi connectivity index (χ4n) is 3.68. The first-order valence-electron chi connectivity index (χ1n) is 9.54. The highest BCUT2D eigenvalue weighted by molar-refractivity contribution is 5.94. The number of anilines is 1. The molecule has 1 aliphatic heterocycles. The second kappa shape index (κ2) is 7.92. The summed E-state index contributed by atoms with van der Waals surface area (Å²) in [4.78, 5) is 2.28. The van der Waals surface area contributed by atoms with Crippen molar-refractivity contribution in [2.45, 2.75) is 25.9 Å². The van der Waals surface area contributed by atoms with Crippen LogP contribution in [0, 0.1) is 6.92 Å². The second-order valence-corrected chi connectivity index (χ2v) is 7.03. The first-order chi connectivity index (χ1) is 13.7. The fraction of sp³-hybridized carbons (Fsp3) is 0.364. The van der Waals surface area contributed by atoms with Gasteiger partial charge in [-0.2, -0.15) is 5.10 Å². The van der Waals surface area contributed by atoms with Gasteiger partial charge in [-0.3, -0.25) is 0 Å². The van der Waals surface area contributed by atoms with Crippen LogP contribution in [0.15, 0.2) is 42.6 Å². The summed E-state index contributed by atoms with van der Waals surface area (Å²) in [7, 11) is 3.28. The van der Waals surface area contributed by atoms with Crippen LogP contribution in [0.3, 0.4) is 0 Å². The molecule has 0 aliphatic carbocycles. The van der Waals surface area contributed by atoms with Crippen LogP contribution >= 0.6 is 0 Å². The number of methoxy groups -OCH3 is 2. The van der Waals surface area contributed by atoms with Crippen molar-refractivity contribution >= 4 is 16.6 Å². The number of hydrogen-bond acceptors (Lipinski definition) is 6. The molecule has 0 unspecified atom stereocenters. The van der Waals surface area contributed by atoms with Gasteiger partial charge in [0.15, 0.2) is 17.3 Å². The molecule has 0 radical (unpaired) electrons. The monoisotopic (exact) mass is 379 g/mol. The number of ether oxygens (including phenoxy) is 3. The minimum atomic E-state index is 0.218. The Balaban J connectivity index is 1.53. The van der Waals surface area contributed by atoms with Gasteiger partial charge in [0.2, 0.25) is 0 Å². The van der Waals surface area contributed by atoms with Crippen molar-refractivity contribution in [1.29, 1.82) is 0 Å². The highest BCUT2D eigenvalue weighted by Crippen LogP contribution is 2.36. The molecule has 1 aliphatic rings. The third-order valence-corrected chi connectivity index (χ3v) is 5.27. The van der Waals surface area contributed by atoms with Crippen molar-refractivity contribution in [3.63, 3.8) is 0 Å². The molecular formula is C22H25N3O3. The Bertz CT molecular complexity index is 968. The van der Waals surface area contributed by atoms with Gasteiger partial charge < -0.3 is 19.1 Å². The average molecular weight is 379 g/mol. The smallest absolute Gasteiger partial charge is 0.161 e. The van der Waals surface area contributed by atoms with Gasteiger partial charge in [0.1, 0.15) is 11.9 Å². The van der Waals surface area contributed by atoms with Crippen molar-refractivity contribution in [1.82, 2.24) is 10.2 Å².